The molecule has 1 aromatic rings. The molecular weight excluding hydrogens is 188 g/mol. The van der Waals surface area contributed by atoms with Crippen LogP contribution in [0.3, 0.4) is 0 Å². The molecule has 0 aliphatic heterocycles. The van der Waals surface area contributed by atoms with E-state index in [0.717, 1.165) is 0 Å². The van der Waals surface area contributed by atoms with Gasteiger partial charge >= 0.3 is 0 Å². The van der Waals surface area contributed by atoms with Crippen molar-refractivity contribution < 1.29 is 19.5 Å². The number of rotatable bonds is 3. The number of aromatic nitrogens is 1. The molecule has 0 saturated heterocycles. The van der Waals surface area contributed by atoms with Crippen LogP contribution >= 0.6 is 0 Å². The predicted molar refractivity (Wildman–Crippen MR) is 45.7 cm³/mol. The summed E-state index contributed by atoms with van der Waals surface area (Å²) in [5.41, 5.74) is 4.83. The van der Waals surface area contributed by atoms with Crippen LogP contribution in [0.15, 0.2) is 10.6 Å². The van der Waals surface area contributed by atoms with Gasteiger partial charge in [0.2, 0.25) is 11.7 Å². The van der Waals surface area contributed by atoms with Crippen molar-refractivity contribution in [3.63, 3.8) is 0 Å². The number of aryl methyl sites for hydroxylation is 1. The van der Waals surface area contributed by atoms with Crippen LogP contribution in [-0.2, 0) is 10.6 Å². The zero-order valence-corrected chi connectivity index (χ0v) is 7.89. The molecule has 1 atom stereocenters. The normalized spacial score (nSPS) is 14.0. The Morgan fingerprint density at radius 2 is 2.29 bits per heavy atom. The molecule has 14 heavy (non-hydrogen) atoms. The van der Waals surface area contributed by atoms with Crippen molar-refractivity contribution >= 4 is 5.91 Å². The molecule has 0 aliphatic rings. The second kappa shape index (κ2) is 3.39. The van der Waals surface area contributed by atoms with Crippen molar-refractivity contribution in [1.29, 1.82) is 0 Å². The molecule has 0 spiro atoms. The first kappa shape index (κ1) is 10.7. The Labute approximate surface area is 80.3 Å². The van der Waals surface area contributed by atoms with Crippen LogP contribution in [0.4, 0.5) is 0 Å². The molecule has 0 saturated carbocycles. The summed E-state index contributed by atoms with van der Waals surface area (Å²) in [6.07, 6.45) is 0. The van der Waals surface area contributed by atoms with E-state index in [-0.39, 0.29) is 5.69 Å². The molecule has 6 heteroatoms. The Bertz CT molecular complexity index is 345. The maximum absolute atomic E-state index is 10.8. The van der Waals surface area contributed by atoms with Gasteiger partial charge in [0.25, 0.3) is 0 Å². The number of hydrogen-bond donors (Lipinski definition) is 3. The molecule has 0 aromatic carbocycles. The van der Waals surface area contributed by atoms with Crippen LogP contribution in [0.2, 0.25) is 0 Å². The highest BCUT2D eigenvalue weighted by atomic mass is 16.5. The molecule has 78 valence electrons. The topological polar surface area (TPSA) is 110 Å². The van der Waals surface area contributed by atoms with E-state index in [2.05, 4.69) is 9.68 Å². The predicted octanol–water partition coefficient (Wildman–Crippen LogP) is -0.758. The van der Waals surface area contributed by atoms with Gasteiger partial charge in [-0.15, -0.1) is 0 Å². The number of amides is 1. The van der Waals surface area contributed by atoms with Crippen LogP contribution in [-0.4, -0.2) is 21.3 Å². The highest BCUT2D eigenvalue weighted by Gasteiger charge is 2.39. The number of carbonyl (C=O) groups is 1. The largest absolute Gasteiger partial charge is 0.369 e. The Hall–Kier alpha value is -1.40. The molecule has 6 nitrogen and oxygen atoms in total. The number of hydrogen-bond acceptors (Lipinski definition) is 5. The van der Waals surface area contributed by atoms with Crippen molar-refractivity contribution in [2.75, 3.05) is 0 Å². The minimum atomic E-state index is -2.39. The van der Waals surface area contributed by atoms with E-state index in [4.69, 9.17) is 5.73 Å². The Balaban J connectivity index is 3.01. The third kappa shape index (κ3) is 1.75. The van der Waals surface area contributed by atoms with E-state index in [9.17, 15) is 15.0 Å². The van der Waals surface area contributed by atoms with Gasteiger partial charge in [-0.3, -0.25) is 4.79 Å². The number of aliphatic hydroxyl groups is 2. The quantitative estimate of drug-likeness (QED) is 0.555. The monoisotopic (exact) mass is 200 g/mol. The Morgan fingerprint density at radius 1 is 1.71 bits per heavy atom. The summed E-state index contributed by atoms with van der Waals surface area (Å²) < 4.78 is 4.66. The second-order valence-electron chi connectivity index (χ2n) is 3.17. The lowest BCUT2D eigenvalue weighted by molar-refractivity contribution is -0.208. The molecule has 0 fully saturated rings. The summed E-state index contributed by atoms with van der Waals surface area (Å²) in [6, 6.07) is 1.33. The summed E-state index contributed by atoms with van der Waals surface area (Å²) >= 11 is 0. The molecule has 1 heterocycles. The van der Waals surface area contributed by atoms with E-state index < -0.39 is 17.6 Å². The van der Waals surface area contributed by atoms with Crippen LogP contribution in [0.5, 0.6) is 0 Å². The van der Waals surface area contributed by atoms with Gasteiger partial charge in [0, 0.05) is 6.07 Å². The molecule has 0 bridgehead atoms. The summed E-state index contributed by atoms with van der Waals surface area (Å²) in [7, 11) is 0. The lowest BCUT2D eigenvalue weighted by atomic mass is 9.97. The van der Waals surface area contributed by atoms with Crippen molar-refractivity contribution in [3.8, 4) is 0 Å². The van der Waals surface area contributed by atoms with E-state index in [1.807, 2.05) is 0 Å². The van der Waals surface area contributed by atoms with Crippen molar-refractivity contribution in [2.45, 2.75) is 19.6 Å². The van der Waals surface area contributed by atoms with Crippen molar-refractivity contribution in [2.24, 2.45) is 11.7 Å². The summed E-state index contributed by atoms with van der Waals surface area (Å²) in [5.74, 6) is -3.95. The first-order valence-electron chi connectivity index (χ1n) is 4.03. The van der Waals surface area contributed by atoms with E-state index in [0.29, 0.717) is 5.76 Å². The molecule has 1 unspecified atom stereocenters. The van der Waals surface area contributed by atoms with E-state index >= 15 is 0 Å². The summed E-state index contributed by atoms with van der Waals surface area (Å²) in [4.78, 5) is 10.8. The molecule has 1 aromatic heterocycles. The van der Waals surface area contributed by atoms with Crippen LogP contribution in [0.1, 0.15) is 18.4 Å². The van der Waals surface area contributed by atoms with Gasteiger partial charge < -0.3 is 20.5 Å². The van der Waals surface area contributed by atoms with Gasteiger partial charge in [-0.05, 0) is 13.8 Å². The second-order valence-corrected chi connectivity index (χ2v) is 3.17. The number of primary amides is 1. The average molecular weight is 200 g/mol. The Kier molecular flexibility index (Phi) is 2.59. The number of carbonyl (C=O) groups excluding carboxylic acids is 1. The fourth-order valence-electron chi connectivity index (χ4n) is 0.960. The molecule has 4 N–H and O–H groups in total. The zero-order valence-electron chi connectivity index (χ0n) is 7.89. The maximum Gasteiger partial charge on any atom is 0.226 e. The van der Waals surface area contributed by atoms with Crippen LogP contribution in [0.25, 0.3) is 0 Å². The first-order valence-corrected chi connectivity index (χ1v) is 4.03. The van der Waals surface area contributed by atoms with Crippen LogP contribution < -0.4 is 5.73 Å². The zero-order chi connectivity index (χ0) is 10.9. The van der Waals surface area contributed by atoms with Crippen molar-refractivity contribution in [1.82, 2.24) is 5.16 Å². The van der Waals surface area contributed by atoms with Crippen LogP contribution in [0, 0.1) is 12.8 Å². The minimum absolute atomic E-state index is 0.124. The fourth-order valence-corrected chi connectivity index (χ4v) is 0.960. The SMILES string of the molecule is Cc1cc(C(O)(O)C(C)C(N)=O)no1. The van der Waals surface area contributed by atoms with Gasteiger partial charge in [0.05, 0.1) is 5.92 Å². The van der Waals surface area contributed by atoms with Gasteiger partial charge in [0.15, 0.2) is 0 Å². The third-order valence-electron chi connectivity index (χ3n) is 2.04. The number of nitrogens with two attached hydrogens (primary N) is 1. The third-order valence-corrected chi connectivity index (χ3v) is 2.04. The molecule has 1 amide bonds. The van der Waals surface area contributed by atoms with Gasteiger partial charge in [-0.25, -0.2) is 0 Å². The minimum Gasteiger partial charge on any atom is -0.369 e. The lowest BCUT2D eigenvalue weighted by Gasteiger charge is -2.23. The Morgan fingerprint density at radius 3 is 2.64 bits per heavy atom. The highest BCUT2D eigenvalue weighted by Crippen LogP contribution is 2.25. The smallest absolute Gasteiger partial charge is 0.226 e. The highest BCUT2D eigenvalue weighted by molar-refractivity contribution is 5.77. The fraction of sp³-hybridized carbons (Fsp3) is 0.500. The molecule has 0 radical (unpaired) electrons. The van der Waals surface area contributed by atoms with Gasteiger partial charge in [0.1, 0.15) is 11.5 Å². The number of nitrogens with zero attached hydrogens (tertiary/aromatic N) is 1. The van der Waals surface area contributed by atoms with Gasteiger partial charge in [-0.1, -0.05) is 5.16 Å². The van der Waals surface area contributed by atoms with E-state index in [1.54, 1.807) is 6.92 Å². The molecule has 1 rings (SSSR count). The first-order chi connectivity index (χ1) is 6.35. The summed E-state index contributed by atoms with van der Waals surface area (Å²) in [5, 5.41) is 22.5. The average Bonchev–Trinajstić information content (AvgIpc) is 2.50. The maximum atomic E-state index is 10.8. The summed E-state index contributed by atoms with van der Waals surface area (Å²) in [6.45, 7) is 2.90. The molecule has 0 aliphatic carbocycles. The standard InChI is InChI=1S/C8H12N2O4/c1-4-3-6(10-14-4)8(12,13)5(2)7(9)11/h3,5,12-13H,1-2H3,(H2,9,11). The van der Waals surface area contributed by atoms with E-state index in [1.165, 1.54) is 13.0 Å². The van der Waals surface area contributed by atoms with Crippen molar-refractivity contribution in [3.05, 3.63) is 17.5 Å². The molecular formula is C8H12N2O4. The lowest BCUT2D eigenvalue weighted by Crippen LogP contribution is -2.41. The van der Waals surface area contributed by atoms with Gasteiger partial charge in [-0.2, -0.15) is 0 Å².